The van der Waals surface area contributed by atoms with Gasteiger partial charge in [-0.25, -0.2) is 0 Å². The molecule has 1 fully saturated rings. The Balaban J connectivity index is 2.80. The summed E-state index contributed by atoms with van der Waals surface area (Å²) in [5.74, 6) is -0.507. The van der Waals surface area contributed by atoms with Crippen LogP contribution in [0.5, 0.6) is 0 Å². The van der Waals surface area contributed by atoms with Crippen molar-refractivity contribution >= 4 is 5.78 Å². The lowest BCUT2D eigenvalue weighted by Gasteiger charge is -2.25. The molecule has 1 saturated carbocycles. The molecule has 3 atom stereocenters. The summed E-state index contributed by atoms with van der Waals surface area (Å²) in [7, 11) is 0. The summed E-state index contributed by atoms with van der Waals surface area (Å²) in [4.78, 5) is 16.3. The molecule has 0 bridgehead atoms. The Morgan fingerprint density at radius 3 is 2.50 bits per heavy atom. The fourth-order valence-electron chi connectivity index (χ4n) is 1.40. The molecule has 8 nitrogen and oxygen atoms in total. The van der Waals surface area contributed by atoms with Crippen LogP contribution in [0.2, 0.25) is 0 Å². The van der Waals surface area contributed by atoms with Gasteiger partial charge in [0.25, 0.3) is 0 Å². The van der Waals surface area contributed by atoms with E-state index in [9.17, 15) is 9.90 Å². The predicted molar refractivity (Wildman–Crippen MR) is 46.1 cm³/mol. The van der Waals surface area contributed by atoms with Crippen molar-refractivity contribution in [3.8, 4) is 0 Å². The summed E-state index contributed by atoms with van der Waals surface area (Å²) < 4.78 is 0. The van der Waals surface area contributed by atoms with Crippen molar-refractivity contribution in [2.24, 2.45) is 10.2 Å². The number of nitrogens with zero attached hydrogens (tertiary/aromatic N) is 6. The maximum atomic E-state index is 11.2. The normalized spacial score (nSPS) is 31.5. The van der Waals surface area contributed by atoms with Gasteiger partial charge < -0.3 is 5.11 Å². The molecule has 1 aliphatic rings. The monoisotopic (exact) mass is 196 g/mol. The molecular weight excluding hydrogens is 188 g/mol. The number of azide groups is 2. The number of carbonyl (C=O) groups excluding carboxylic acids is 1. The second-order valence-electron chi connectivity index (χ2n) is 2.97. The first-order valence-corrected chi connectivity index (χ1v) is 3.99. The van der Waals surface area contributed by atoms with Gasteiger partial charge in [0, 0.05) is 15.9 Å². The van der Waals surface area contributed by atoms with Gasteiger partial charge in [0.05, 0.1) is 6.04 Å². The van der Waals surface area contributed by atoms with Gasteiger partial charge in [-0.3, -0.25) is 4.79 Å². The van der Waals surface area contributed by atoms with E-state index in [0.29, 0.717) is 0 Å². The molecule has 0 aromatic heterocycles. The van der Waals surface area contributed by atoms with Crippen LogP contribution in [-0.2, 0) is 4.79 Å². The van der Waals surface area contributed by atoms with Crippen molar-refractivity contribution in [3.05, 3.63) is 20.9 Å². The first-order chi connectivity index (χ1) is 6.69. The zero-order valence-electron chi connectivity index (χ0n) is 7.19. The zero-order chi connectivity index (χ0) is 10.6. The zero-order valence-corrected chi connectivity index (χ0v) is 7.19. The quantitative estimate of drug-likeness (QED) is 0.401. The van der Waals surface area contributed by atoms with Crippen LogP contribution in [0.1, 0.15) is 12.8 Å². The molecule has 0 saturated heterocycles. The average Bonchev–Trinajstić information content (AvgIpc) is 2.14. The number of hydrogen-bond donors (Lipinski definition) is 1. The Labute approximate surface area is 78.8 Å². The summed E-state index contributed by atoms with van der Waals surface area (Å²) >= 11 is 0. The fraction of sp³-hybridized carbons (Fsp3) is 0.833. The number of aliphatic hydroxyl groups is 1. The number of ketones is 1. The number of aliphatic hydroxyl groups excluding tert-OH is 1. The fourth-order valence-corrected chi connectivity index (χ4v) is 1.40. The molecule has 0 spiro atoms. The number of rotatable bonds is 2. The van der Waals surface area contributed by atoms with E-state index in [2.05, 4.69) is 20.1 Å². The van der Waals surface area contributed by atoms with Crippen LogP contribution in [-0.4, -0.2) is 29.1 Å². The van der Waals surface area contributed by atoms with Crippen molar-refractivity contribution in [2.45, 2.75) is 31.0 Å². The summed E-state index contributed by atoms with van der Waals surface area (Å²) in [6.07, 6.45) is -0.931. The van der Waals surface area contributed by atoms with Crippen LogP contribution in [0.4, 0.5) is 0 Å². The topological polar surface area (TPSA) is 135 Å². The Kier molecular flexibility index (Phi) is 3.30. The van der Waals surface area contributed by atoms with E-state index in [4.69, 9.17) is 11.1 Å². The second kappa shape index (κ2) is 4.48. The van der Waals surface area contributed by atoms with Crippen molar-refractivity contribution in [2.75, 3.05) is 0 Å². The van der Waals surface area contributed by atoms with Gasteiger partial charge in [-0.05, 0) is 23.9 Å². The first-order valence-electron chi connectivity index (χ1n) is 3.99. The third-order valence-corrected chi connectivity index (χ3v) is 2.05. The third-order valence-electron chi connectivity index (χ3n) is 2.05. The molecule has 0 heterocycles. The predicted octanol–water partition coefficient (Wildman–Crippen LogP) is 1.07. The molecule has 1 aliphatic carbocycles. The molecule has 74 valence electrons. The highest BCUT2D eigenvalue weighted by Gasteiger charge is 2.34. The first kappa shape index (κ1) is 10.3. The van der Waals surface area contributed by atoms with Crippen LogP contribution in [0, 0.1) is 0 Å². The molecule has 14 heavy (non-hydrogen) atoms. The molecule has 8 heteroatoms. The van der Waals surface area contributed by atoms with E-state index in [1.807, 2.05) is 0 Å². The molecule has 1 unspecified atom stereocenters. The molecule has 0 amide bonds. The van der Waals surface area contributed by atoms with Crippen LogP contribution < -0.4 is 0 Å². The van der Waals surface area contributed by atoms with Crippen molar-refractivity contribution in [1.29, 1.82) is 0 Å². The Morgan fingerprint density at radius 2 is 1.93 bits per heavy atom. The second-order valence-corrected chi connectivity index (χ2v) is 2.97. The molecule has 0 aliphatic heterocycles. The summed E-state index contributed by atoms with van der Waals surface area (Å²) in [6, 6.07) is -1.40. The molecule has 0 aromatic carbocycles. The lowest BCUT2D eigenvalue weighted by atomic mass is 9.88. The minimum atomic E-state index is -1.20. The number of carbonyl (C=O) groups is 1. The van der Waals surface area contributed by atoms with Crippen LogP contribution in [0.3, 0.4) is 0 Å². The van der Waals surface area contributed by atoms with Crippen LogP contribution in [0.15, 0.2) is 10.2 Å². The van der Waals surface area contributed by atoms with E-state index in [1.165, 1.54) is 0 Å². The Bertz CT molecular complexity index is 329. The van der Waals surface area contributed by atoms with Crippen LogP contribution in [0.25, 0.3) is 20.9 Å². The van der Waals surface area contributed by atoms with Gasteiger partial charge in [0.1, 0.15) is 6.10 Å². The summed E-state index contributed by atoms with van der Waals surface area (Å²) in [5.41, 5.74) is 16.3. The lowest BCUT2D eigenvalue weighted by molar-refractivity contribution is -0.131. The highest BCUT2D eigenvalue weighted by Crippen LogP contribution is 2.21. The summed E-state index contributed by atoms with van der Waals surface area (Å²) in [6.45, 7) is 0. The molecule has 0 radical (unpaired) electrons. The SMILES string of the molecule is [N-]=[N+]=N[C@H]1CC(O)C(=O)[C@@H](N=[N+]=[N-])C1. The van der Waals surface area contributed by atoms with Gasteiger partial charge in [-0.2, -0.15) is 0 Å². The Hall–Kier alpha value is -1.75. The van der Waals surface area contributed by atoms with Crippen molar-refractivity contribution in [1.82, 2.24) is 0 Å². The maximum absolute atomic E-state index is 11.2. The smallest absolute Gasteiger partial charge is 0.170 e. The highest BCUT2D eigenvalue weighted by molar-refractivity contribution is 5.89. The van der Waals surface area contributed by atoms with E-state index in [1.54, 1.807) is 0 Å². The highest BCUT2D eigenvalue weighted by atomic mass is 16.3. The van der Waals surface area contributed by atoms with E-state index >= 15 is 0 Å². The molecule has 1 N–H and O–H groups in total. The molecule has 1 rings (SSSR count). The minimum Gasteiger partial charge on any atom is -0.385 e. The number of Topliss-reactive ketones (excluding diaryl/α,β-unsaturated/α-hetero) is 1. The van der Waals surface area contributed by atoms with Crippen LogP contribution >= 0.6 is 0 Å². The maximum Gasteiger partial charge on any atom is 0.170 e. The van der Waals surface area contributed by atoms with E-state index in [-0.39, 0.29) is 12.8 Å². The minimum absolute atomic E-state index is 0.0976. The van der Waals surface area contributed by atoms with E-state index in [0.717, 1.165) is 0 Å². The van der Waals surface area contributed by atoms with Gasteiger partial charge in [0.15, 0.2) is 5.78 Å². The van der Waals surface area contributed by atoms with E-state index < -0.39 is 24.0 Å². The lowest BCUT2D eigenvalue weighted by Crippen LogP contribution is -2.40. The van der Waals surface area contributed by atoms with Gasteiger partial charge in [-0.1, -0.05) is 10.2 Å². The van der Waals surface area contributed by atoms with Crippen molar-refractivity contribution < 1.29 is 9.90 Å². The van der Waals surface area contributed by atoms with Gasteiger partial charge >= 0.3 is 0 Å². The molecular formula is C6H8N6O2. The van der Waals surface area contributed by atoms with Gasteiger partial charge in [0.2, 0.25) is 0 Å². The summed E-state index contributed by atoms with van der Waals surface area (Å²) in [5, 5.41) is 15.9. The largest absolute Gasteiger partial charge is 0.385 e. The standard InChI is InChI=1S/C6H8N6O2/c7-11-9-3-1-4(10-12-8)6(14)5(13)2-3/h3-5,13H,1-2H2/t3-,4+,5?/m1/s1. The molecule has 0 aromatic rings. The number of hydrogen-bond acceptors (Lipinski definition) is 4. The average molecular weight is 196 g/mol. The Morgan fingerprint density at radius 1 is 1.29 bits per heavy atom. The van der Waals surface area contributed by atoms with Gasteiger partial charge in [-0.15, -0.1) is 0 Å². The third kappa shape index (κ3) is 2.14. The van der Waals surface area contributed by atoms with Crippen molar-refractivity contribution in [3.63, 3.8) is 0 Å².